The molecule has 0 aliphatic carbocycles. The van der Waals surface area contributed by atoms with E-state index in [1.165, 1.54) is 6.42 Å². The van der Waals surface area contributed by atoms with E-state index in [2.05, 4.69) is 15.5 Å². The van der Waals surface area contributed by atoms with Crippen molar-refractivity contribution in [3.63, 3.8) is 0 Å². The largest absolute Gasteiger partial charge is 0.497 e. The number of benzene rings is 2. The van der Waals surface area contributed by atoms with Gasteiger partial charge >= 0.3 is 6.03 Å². The number of piperidine rings is 1. The fourth-order valence-corrected chi connectivity index (χ4v) is 3.51. The number of ether oxygens (including phenoxy) is 1. The number of anilines is 1. The van der Waals surface area contributed by atoms with Crippen molar-refractivity contribution in [1.82, 2.24) is 10.2 Å². The van der Waals surface area contributed by atoms with E-state index in [-0.39, 0.29) is 6.42 Å². The van der Waals surface area contributed by atoms with Crippen LogP contribution >= 0.6 is 0 Å². The van der Waals surface area contributed by atoms with Gasteiger partial charge in [-0.2, -0.15) is 0 Å². The summed E-state index contributed by atoms with van der Waals surface area (Å²) in [6.45, 7) is 1.47. The maximum Gasteiger partial charge on any atom is 0.319 e. The third-order valence-corrected chi connectivity index (χ3v) is 5.32. The quantitative estimate of drug-likeness (QED) is 0.636. The van der Waals surface area contributed by atoms with Crippen LogP contribution in [0.5, 0.6) is 5.75 Å². The summed E-state index contributed by atoms with van der Waals surface area (Å²) < 4.78 is 33.3. The Balaban J connectivity index is 1.44. The first-order valence-corrected chi connectivity index (χ1v) is 10.3. The van der Waals surface area contributed by atoms with Crippen molar-refractivity contribution in [2.45, 2.75) is 31.6 Å². The van der Waals surface area contributed by atoms with E-state index >= 15 is 0 Å². The molecule has 3 rings (SSSR count). The van der Waals surface area contributed by atoms with Crippen molar-refractivity contribution in [2.24, 2.45) is 0 Å². The number of amides is 2. The number of hydrogen-bond acceptors (Lipinski definition) is 3. The van der Waals surface area contributed by atoms with Gasteiger partial charge < -0.3 is 20.3 Å². The van der Waals surface area contributed by atoms with Crippen molar-refractivity contribution in [1.29, 1.82) is 0 Å². The molecule has 0 atom stereocenters. The minimum absolute atomic E-state index is 0.246. The standard InChI is InChI=1S/C23H29F2N3O2/c1-30-21-11-7-19(8-12-21)18-5-9-20(10-6-18)27-22(29)26-17-23(24,25)13-16-28-14-3-2-4-15-28/h5-12H,2-4,13-17H2,1H3,(H2,26,27,29). The van der Waals surface area contributed by atoms with Crippen molar-refractivity contribution in [2.75, 3.05) is 38.6 Å². The maximum absolute atomic E-state index is 14.1. The Morgan fingerprint density at radius 1 is 1.00 bits per heavy atom. The summed E-state index contributed by atoms with van der Waals surface area (Å²) in [7, 11) is 1.62. The van der Waals surface area contributed by atoms with E-state index in [0.29, 0.717) is 12.2 Å². The van der Waals surface area contributed by atoms with E-state index in [9.17, 15) is 13.6 Å². The second kappa shape index (κ2) is 10.4. The van der Waals surface area contributed by atoms with Gasteiger partial charge in [-0.1, -0.05) is 30.7 Å². The lowest BCUT2D eigenvalue weighted by Gasteiger charge is -2.28. The highest BCUT2D eigenvalue weighted by atomic mass is 19.3. The van der Waals surface area contributed by atoms with Gasteiger partial charge in [0.15, 0.2) is 0 Å². The molecule has 162 valence electrons. The van der Waals surface area contributed by atoms with Gasteiger partial charge in [0.1, 0.15) is 5.75 Å². The molecule has 30 heavy (non-hydrogen) atoms. The first-order valence-electron chi connectivity index (χ1n) is 10.3. The lowest BCUT2D eigenvalue weighted by Crippen LogP contribution is -2.41. The van der Waals surface area contributed by atoms with E-state index in [1.54, 1.807) is 19.2 Å². The molecule has 0 aromatic heterocycles. The van der Waals surface area contributed by atoms with Crippen LogP contribution in [0.3, 0.4) is 0 Å². The van der Waals surface area contributed by atoms with Gasteiger partial charge in [-0.15, -0.1) is 0 Å². The molecule has 1 fully saturated rings. The topological polar surface area (TPSA) is 53.6 Å². The number of nitrogens with one attached hydrogen (secondary N) is 2. The highest BCUT2D eigenvalue weighted by Crippen LogP contribution is 2.24. The number of rotatable bonds is 8. The first-order chi connectivity index (χ1) is 14.4. The Hall–Kier alpha value is -2.67. The number of nitrogens with zero attached hydrogens (tertiary/aromatic N) is 1. The smallest absolute Gasteiger partial charge is 0.319 e. The minimum Gasteiger partial charge on any atom is -0.497 e. The number of methoxy groups -OCH3 is 1. The van der Waals surface area contributed by atoms with Crippen LogP contribution in [0.4, 0.5) is 19.3 Å². The molecule has 2 amide bonds. The van der Waals surface area contributed by atoms with Crippen LogP contribution in [0.25, 0.3) is 11.1 Å². The van der Waals surface area contributed by atoms with Crippen molar-refractivity contribution < 1.29 is 18.3 Å². The summed E-state index contributed by atoms with van der Waals surface area (Å²) in [6.07, 6.45) is 3.08. The Bertz CT molecular complexity index is 804. The van der Waals surface area contributed by atoms with Gasteiger partial charge in [0.05, 0.1) is 13.7 Å². The zero-order valence-corrected chi connectivity index (χ0v) is 17.3. The van der Waals surface area contributed by atoms with Gasteiger partial charge in [0.2, 0.25) is 0 Å². The number of alkyl halides is 2. The second-order valence-corrected chi connectivity index (χ2v) is 7.62. The van der Waals surface area contributed by atoms with Gasteiger partial charge in [-0.05, 0) is 61.3 Å². The lowest BCUT2D eigenvalue weighted by molar-refractivity contribution is -0.0133. The summed E-state index contributed by atoms with van der Waals surface area (Å²) in [5, 5.41) is 4.89. The molecule has 1 aliphatic rings. The molecular formula is C23H29F2N3O2. The van der Waals surface area contributed by atoms with E-state index in [1.807, 2.05) is 36.4 Å². The zero-order valence-electron chi connectivity index (χ0n) is 17.3. The summed E-state index contributed by atoms with van der Waals surface area (Å²) in [5.74, 6) is -2.14. The summed E-state index contributed by atoms with van der Waals surface area (Å²) in [5.41, 5.74) is 2.54. The zero-order chi connectivity index (χ0) is 21.4. The SMILES string of the molecule is COc1ccc(-c2ccc(NC(=O)NCC(F)(F)CCN3CCCCC3)cc2)cc1. The molecule has 5 nitrogen and oxygen atoms in total. The van der Waals surface area contributed by atoms with Crippen LogP contribution in [0, 0.1) is 0 Å². The molecule has 1 heterocycles. The van der Waals surface area contributed by atoms with Crippen molar-refractivity contribution >= 4 is 11.7 Å². The molecule has 0 spiro atoms. The molecule has 0 saturated carbocycles. The molecule has 0 radical (unpaired) electrons. The first kappa shape index (κ1) is 22.0. The molecule has 7 heteroatoms. The number of urea groups is 1. The number of carbonyl (C=O) groups is 1. The summed E-state index contributed by atoms with van der Waals surface area (Å²) in [4.78, 5) is 14.1. The van der Waals surface area contributed by atoms with Gasteiger partial charge in [-0.3, -0.25) is 0 Å². The van der Waals surface area contributed by atoms with Crippen LogP contribution < -0.4 is 15.4 Å². The van der Waals surface area contributed by atoms with Gasteiger partial charge in [0, 0.05) is 18.7 Å². The highest BCUT2D eigenvalue weighted by Gasteiger charge is 2.30. The molecule has 0 bridgehead atoms. The van der Waals surface area contributed by atoms with Crippen LogP contribution in [0.1, 0.15) is 25.7 Å². The molecular weight excluding hydrogens is 388 g/mol. The van der Waals surface area contributed by atoms with Crippen molar-refractivity contribution in [3.8, 4) is 16.9 Å². The van der Waals surface area contributed by atoms with Gasteiger partial charge in [0.25, 0.3) is 5.92 Å². The molecule has 0 unspecified atom stereocenters. The predicted molar refractivity (Wildman–Crippen MR) is 115 cm³/mol. The molecule has 2 aromatic carbocycles. The number of halogens is 2. The van der Waals surface area contributed by atoms with E-state index < -0.39 is 18.5 Å². The monoisotopic (exact) mass is 417 g/mol. The van der Waals surface area contributed by atoms with Crippen LogP contribution in [-0.4, -0.2) is 50.1 Å². The third kappa shape index (κ3) is 6.69. The van der Waals surface area contributed by atoms with Crippen molar-refractivity contribution in [3.05, 3.63) is 48.5 Å². The Morgan fingerprint density at radius 3 is 2.20 bits per heavy atom. The minimum atomic E-state index is -2.92. The van der Waals surface area contributed by atoms with Crippen LogP contribution in [0.15, 0.2) is 48.5 Å². The fourth-order valence-electron chi connectivity index (χ4n) is 3.51. The normalized spacial score (nSPS) is 14.9. The number of carbonyl (C=O) groups excluding carboxylic acids is 1. The molecule has 2 N–H and O–H groups in total. The number of likely N-dealkylation sites (tertiary alicyclic amines) is 1. The van der Waals surface area contributed by atoms with Crippen LogP contribution in [0.2, 0.25) is 0 Å². The van der Waals surface area contributed by atoms with E-state index in [0.717, 1.165) is 42.8 Å². The molecule has 1 aliphatic heterocycles. The lowest BCUT2D eigenvalue weighted by atomic mass is 10.1. The fraction of sp³-hybridized carbons (Fsp3) is 0.435. The van der Waals surface area contributed by atoms with Gasteiger partial charge in [-0.25, -0.2) is 13.6 Å². The van der Waals surface area contributed by atoms with E-state index in [4.69, 9.17) is 4.74 Å². The average Bonchev–Trinajstić information content (AvgIpc) is 2.78. The molecule has 1 saturated heterocycles. The highest BCUT2D eigenvalue weighted by molar-refractivity contribution is 5.89. The Morgan fingerprint density at radius 2 is 1.60 bits per heavy atom. The van der Waals surface area contributed by atoms with Crippen LogP contribution in [-0.2, 0) is 0 Å². The molecule has 2 aromatic rings. The Kier molecular flexibility index (Phi) is 7.63. The second-order valence-electron chi connectivity index (χ2n) is 7.62. The third-order valence-electron chi connectivity index (χ3n) is 5.32. The predicted octanol–water partition coefficient (Wildman–Crippen LogP) is 5.00. The summed E-state index contributed by atoms with van der Waals surface area (Å²) in [6, 6.07) is 14.2. The summed E-state index contributed by atoms with van der Waals surface area (Å²) >= 11 is 0. The maximum atomic E-state index is 14.1. The number of hydrogen-bond donors (Lipinski definition) is 2. The Labute approximate surface area is 176 Å². The average molecular weight is 418 g/mol.